The quantitative estimate of drug-likeness (QED) is 0.754. The van der Waals surface area contributed by atoms with Gasteiger partial charge in [-0.05, 0) is 18.6 Å². The molecule has 0 aliphatic rings. The molecule has 0 saturated carbocycles. The highest BCUT2D eigenvalue weighted by molar-refractivity contribution is 5.93. The van der Waals surface area contributed by atoms with Gasteiger partial charge < -0.3 is 5.11 Å². The maximum Gasteiger partial charge on any atom is 0.337 e. The Morgan fingerprint density at radius 1 is 1.26 bits per heavy atom. The van der Waals surface area contributed by atoms with Crippen molar-refractivity contribution in [2.75, 3.05) is 0 Å². The largest absolute Gasteiger partial charge is 0.478 e. The molecule has 0 spiro atoms. The van der Waals surface area contributed by atoms with E-state index in [2.05, 4.69) is 9.97 Å². The lowest BCUT2D eigenvalue weighted by Crippen LogP contribution is -2.31. The maximum atomic E-state index is 12.1. The lowest BCUT2D eigenvalue weighted by Gasteiger charge is -2.10. The zero-order chi connectivity index (χ0) is 16.6. The van der Waals surface area contributed by atoms with Crippen molar-refractivity contribution in [1.82, 2.24) is 14.5 Å². The number of aryl methyl sites for hydroxylation is 1. The second kappa shape index (κ2) is 5.53. The van der Waals surface area contributed by atoms with Crippen molar-refractivity contribution < 1.29 is 9.90 Å². The van der Waals surface area contributed by atoms with Crippen LogP contribution in [0, 0.1) is 6.92 Å². The van der Waals surface area contributed by atoms with E-state index < -0.39 is 17.2 Å². The number of carboxylic acids is 1. The third-order valence-corrected chi connectivity index (χ3v) is 3.57. The molecular weight excluding hydrogens is 298 g/mol. The summed E-state index contributed by atoms with van der Waals surface area (Å²) >= 11 is 0. The van der Waals surface area contributed by atoms with Crippen LogP contribution in [0.2, 0.25) is 0 Å². The monoisotopic (exact) mass is 311 g/mol. The molecule has 23 heavy (non-hydrogen) atoms. The average molecular weight is 311 g/mol. The lowest BCUT2D eigenvalue weighted by molar-refractivity contribution is 0.0696. The van der Waals surface area contributed by atoms with Gasteiger partial charge in [-0.2, -0.15) is 0 Å². The van der Waals surface area contributed by atoms with Crippen LogP contribution >= 0.6 is 0 Å². The summed E-state index contributed by atoms with van der Waals surface area (Å²) in [5, 5.41) is 9.23. The predicted molar refractivity (Wildman–Crippen MR) is 83.9 cm³/mol. The van der Waals surface area contributed by atoms with Crippen molar-refractivity contribution >= 4 is 17.0 Å². The van der Waals surface area contributed by atoms with Crippen molar-refractivity contribution in [3.05, 3.63) is 74.1 Å². The molecule has 1 aromatic carbocycles. The van der Waals surface area contributed by atoms with Crippen LogP contribution in [0.3, 0.4) is 0 Å². The van der Waals surface area contributed by atoms with Gasteiger partial charge in [0, 0.05) is 0 Å². The Bertz CT molecular complexity index is 1020. The molecule has 0 atom stereocenters. The van der Waals surface area contributed by atoms with Crippen molar-refractivity contribution in [2.24, 2.45) is 0 Å². The van der Waals surface area contributed by atoms with E-state index in [9.17, 15) is 14.4 Å². The normalized spacial score (nSPS) is 10.8. The summed E-state index contributed by atoms with van der Waals surface area (Å²) in [5.74, 6) is -1.17. The van der Waals surface area contributed by atoms with Gasteiger partial charge in [0.15, 0.2) is 0 Å². The van der Waals surface area contributed by atoms with Gasteiger partial charge in [0.2, 0.25) is 0 Å². The molecular formula is C16H13N3O4. The van der Waals surface area contributed by atoms with E-state index in [-0.39, 0.29) is 28.8 Å². The van der Waals surface area contributed by atoms with Gasteiger partial charge in [-0.3, -0.25) is 14.3 Å². The number of aromatic carboxylic acids is 1. The zero-order valence-corrected chi connectivity index (χ0v) is 12.2. The molecule has 3 aromatic rings. The fourth-order valence-electron chi connectivity index (χ4n) is 2.42. The summed E-state index contributed by atoms with van der Waals surface area (Å²) in [4.78, 5) is 41.7. The van der Waals surface area contributed by atoms with Crippen LogP contribution < -0.4 is 11.2 Å². The molecule has 116 valence electrons. The Kier molecular flexibility index (Phi) is 3.53. The number of benzene rings is 1. The third-order valence-electron chi connectivity index (χ3n) is 3.57. The average Bonchev–Trinajstić information content (AvgIpc) is 2.51. The van der Waals surface area contributed by atoms with E-state index in [1.807, 2.05) is 30.3 Å². The van der Waals surface area contributed by atoms with Crippen molar-refractivity contribution in [2.45, 2.75) is 13.5 Å². The summed E-state index contributed by atoms with van der Waals surface area (Å²) in [6, 6.07) is 10.5. The number of carboxylic acid groups (broad SMARTS) is 1. The summed E-state index contributed by atoms with van der Waals surface area (Å²) in [6.45, 7) is 1.76. The van der Waals surface area contributed by atoms with Gasteiger partial charge >= 0.3 is 11.7 Å². The van der Waals surface area contributed by atoms with Crippen molar-refractivity contribution in [1.29, 1.82) is 0 Å². The molecule has 3 rings (SSSR count). The topological polar surface area (TPSA) is 105 Å². The van der Waals surface area contributed by atoms with Crippen LogP contribution in [0.15, 0.2) is 46.0 Å². The molecule has 2 aromatic heterocycles. The highest BCUT2D eigenvalue weighted by atomic mass is 16.4. The molecule has 0 fully saturated rings. The second-order valence-electron chi connectivity index (χ2n) is 5.13. The van der Waals surface area contributed by atoms with Gasteiger partial charge in [0.1, 0.15) is 5.65 Å². The van der Waals surface area contributed by atoms with Gasteiger partial charge in [0.05, 0.1) is 23.2 Å². The number of aromatic nitrogens is 3. The molecule has 0 aliphatic heterocycles. The minimum Gasteiger partial charge on any atom is -0.478 e. The number of rotatable bonds is 3. The Morgan fingerprint density at radius 3 is 2.61 bits per heavy atom. The Morgan fingerprint density at radius 2 is 1.96 bits per heavy atom. The second-order valence-corrected chi connectivity index (χ2v) is 5.13. The summed E-state index contributed by atoms with van der Waals surface area (Å²) < 4.78 is 1.32. The molecule has 7 nitrogen and oxygen atoms in total. The van der Waals surface area contributed by atoms with Crippen LogP contribution in [0.25, 0.3) is 11.0 Å². The smallest absolute Gasteiger partial charge is 0.337 e. The van der Waals surface area contributed by atoms with E-state index in [1.54, 1.807) is 0 Å². The number of pyridine rings is 1. The minimum absolute atomic E-state index is 0.0621. The van der Waals surface area contributed by atoms with Crippen LogP contribution in [0.1, 0.15) is 21.6 Å². The van der Waals surface area contributed by atoms with Gasteiger partial charge in [-0.25, -0.2) is 14.6 Å². The highest BCUT2D eigenvalue weighted by Gasteiger charge is 2.15. The molecule has 0 unspecified atom stereocenters. The molecule has 0 aliphatic carbocycles. The van der Waals surface area contributed by atoms with E-state index in [0.717, 1.165) is 5.56 Å². The fourth-order valence-corrected chi connectivity index (χ4v) is 2.42. The number of carbonyl (C=O) groups is 1. The predicted octanol–water partition coefficient (Wildman–Crippen LogP) is 1.14. The zero-order valence-electron chi connectivity index (χ0n) is 12.2. The Balaban J connectivity index is 2.30. The first-order valence-corrected chi connectivity index (χ1v) is 6.89. The van der Waals surface area contributed by atoms with Crippen LogP contribution in [-0.4, -0.2) is 25.6 Å². The van der Waals surface area contributed by atoms with Crippen molar-refractivity contribution in [3.8, 4) is 0 Å². The first-order valence-electron chi connectivity index (χ1n) is 6.89. The van der Waals surface area contributed by atoms with E-state index in [4.69, 9.17) is 5.11 Å². The first kappa shape index (κ1) is 14.7. The van der Waals surface area contributed by atoms with Gasteiger partial charge in [-0.1, -0.05) is 30.3 Å². The van der Waals surface area contributed by atoms with E-state index in [1.165, 1.54) is 17.6 Å². The number of aromatic amines is 1. The van der Waals surface area contributed by atoms with Crippen molar-refractivity contribution in [3.63, 3.8) is 0 Å². The van der Waals surface area contributed by atoms with Crippen LogP contribution in [0.4, 0.5) is 0 Å². The number of H-pyrrole nitrogens is 1. The molecule has 0 saturated heterocycles. The van der Waals surface area contributed by atoms with Gasteiger partial charge in [-0.15, -0.1) is 0 Å². The third kappa shape index (κ3) is 2.64. The number of nitrogens with one attached hydrogen (secondary N) is 1. The van der Waals surface area contributed by atoms with E-state index in [0.29, 0.717) is 0 Å². The minimum atomic E-state index is -1.17. The Hall–Kier alpha value is -3.22. The SMILES string of the molecule is Cc1nc2c(cc1C(=O)O)c(=O)[nH]c(=O)n2Cc1ccccc1. The number of hydrogen-bond acceptors (Lipinski definition) is 4. The van der Waals surface area contributed by atoms with Gasteiger partial charge in [0.25, 0.3) is 5.56 Å². The summed E-state index contributed by atoms with van der Waals surface area (Å²) in [7, 11) is 0. The highest BCUT2D eigenvalue weighted by Crippen LogP contribution is 2.13. The van der Waals surface area contributed by atoms with Crippen LogP contribution in [0.5, 0.6) is 0 Å². The standard InChI is InChI=1S/C16H13N3O4/c1-9-11(15(21)22)7-12-13(17-9)19(16(23)18-14(12)20)8-10-5-3-2-4-6-10/h2-7H,8H2,1H3,(H,21,22)(H,18,20,23). The Labute approximate surface area is 129 Å². The van der Waals surface area contributed by atoms with E-state index >= 15 is 0 Å². The number of hydrogen-bond donors (Lipinski definition) is 2. The molecule has 2 N–H and O–H groups in total. The lowest BCUT2D eigenvalue weighted by atomic mass is 10.1. The van der Waals surface area contributed by atoms with Crippen LogP contribution in [-0.2, 0) is 6.54 Å². The molecule has 0 bridgehead atoms. The fraction of sp³-hybridized carbons (Fsp3) is 0.125. The molecule has 0 amide bonds. The molecule has 7 heteroatoms. The maximum absolute atomic E-state index is 12.1. The number of nitrogens with zero attached hydrogens (tertiary/aromatic N) is 2. The summed E-state index contributed by atoms with van der Waals surface area (Å²) in [5.41, 5.74) is -0.00909. The summed E-state index contributed by atoms with van der Waals surface area (Å²) in [6.07, 6.45) is 0. The number of fused-ring (bicyclic) bond motifs is 1. The molecule has 0 radical (unpaired) electrons. The molecule has 2 heterocycles. The first-order chi connectivity index (χ1) is 11.0.